The van der Waals surface area contributed by atoms with Gasteiger partial charge in [0.2, 0.25) is 5.75 Å². The zero-order chi connectivity index (χ0) is 15.4. The second kappa shape index (κ2) is 6.53. The Morgan fingerprint density at radius 1 is 1.29 bits per heavy atom. The highest BCUT2D eigenvalue weighted by atomic mass is 79.9. The molecule has 0 N–H and O–H groups in total. The van der Waals surface area contributed by atoms with Crippen LogP contribution in [0.15, 0.2) is 36.4 Å². The van der Waals surface area contributed by atoms with Gasteiger partial charge in [0.05, 0.1) is 12.0 Å². The molecule has 0 radical (unpaired) electrons. The van der Waals surface area contributed by atoms with Crippen LogP contribution in [-0.4, -0.2) is 12.0 Å². The molecule has 0 spiro atoms. The SMILES string of the molecule is COc1ccc([N+](=O)[O-])c(Oc2cccc(F)c2CBr)c1. The van der Waals surface area contributed by atoms with Gasteiger partial charge >= 0.3 is 5.69 Å². The molecule has 2 aromatic rings. The van der Waals surface area contributed by atoms with Gasteiger partial charge in [-0.25, -0.2) is 4.39 Å². The van der Waals surface area contributed by atoms with E-state index in [0.29, 0.717) is 5.75 Å². The van der Waals surface area contributed by atoms with Crippen LogP contribution < -0.4 is 9.47 Å². The third-order valence-electron chi connectivity index (χ3n) is 2.79. The second-order valence-electron chi connectivity index (χ2n) is 4.04. The van der Waals surface area contributed by atoms with E-state index in [1.165, 1.54) is 37.4 Å². The summed E-state index contributed by atoms with van der Waals surface area (Å²) in [6, 6.07) is 8.44. The van der Waals surface area contributed by atoms with Gasteiger partial charge in [0.25, 0.3) is 0 Å². The Balaban J connectivity index is 2.48. The number of hydrogen-bond acceptors (Lipinski definition) is 4. The molecule has 0 aliphatic carbocycles. The summed E-state index contributed by atoms with van der Waals surface area (Å²) < 4.78 is 24.2. The molecule has 21 heavy (non-hydrogen) atoms. The highest BCUT2D eigenvalue weighted by molar-refractivity contribution is 9.08. The van der Waals surface area contributed by atoms with Crippen LogP contribution in [0.5, 0.6) is 17.2 Å². The molecule has 0 unspecified atom stereocenters. The van der Waals surface area contributed by atoms with Crippen molar-refractivity contribution >= 4 is 21.6 Å². The highest BCUT2D eigenvalue weighted by Crippen LogP contribution is 2.36. The number of halogens is 2. The number of nitro benzene ring substituents is 1. The van der Waals surface area contributed by atoms with E-state index in [1.807, 2.05) is 0 Å². The van der Waals surface area contributed by atoms with E-state index < -0.39 is 10.7 Å². The molecule has 5 nitrogen and oxygen atoms in total. The lowest BCUT2D eigenvalue weighted by Crippen LogP contribution is -1.97. The van der Waals surface area contributed by atoms with E-state index >= 15 is 0 Å². The lowest BCUT2D eigenvalue weighted by atomic mass is 10.2. The van der Waals surface area contributed by atoms with Crippen molar-refractivity contribution in [2.45, 2.75) is 5.33 Å². The summed E-state index contributed by atoms with van der Waals surface area (Å²) in [6.07, 6.45) is 0. The molecule has 0 amide bonds. The number of nitro groups is 1. The fourth-order valence-corrected chi connectivity index (χ4v) is 2.28. The van der Waals surface area contributed by atoms with Crippen molar-refractivity contribution in [2.75, 3.05) is 7.11 Å². The Labute approximate surface area is 128 Å². The summed E-state index contributed by atoms with van der Waals surface area (Å²) in [5.41, 5.74) is 0.0650. The lowest BCUT2D eigenvalue weighted by Gasteiger charge is -2.11. The second-order valence-corrected chi connectivity index (χ2v) is 4.60. The number of rotatable bonds is 5. The van der Waals surface area contributed by atoms with E-state index in [-0.39, 0.29) is 28.1 Å². The predicted octanol–water partition coefficient (Wildman–Crippen LogP) is 4.43. The van der Waals surface area contributed by atoms with Crippen molar-refractivity contribution in [1.82, 2.24) is 0 Å². The van der Waals surface area contributed by atoms with Crippen LogP contribution in [-0.2, 0) is 5.33 Å². The van der Waals surface area contributed by atoms with Gasteiger partial charge in [-0.1, -0.05) is 22.0 Å². The van der Waals surface area contributed by atoms with Crippen LogP contribution in [0.1, 0.15) is 5.56 Å². The molecule has 2 aromatic carbocycles. The smallest absolute Gasteiger partial charge is 0.311 e. The van der Waals surface area contributed by atoms with Gasteiger partial charge in [-0.3, -0.25) is 10.1 Å². The first-order valence-corrected chi connectivity index (χ1v) is 7.02. The van der Waals surface area contributed by atoms with Gasteiger partial charge in [0.15, 0.2) is 0 Å². The standard InChI is InChI=1S/C14H11BrFNO4/c1-20-9-5-6-12(17(18)19)14(7-9)21-13-4-2-3-11(16)10(13)8-15/h2-7H,8H2,1H3. The van der Waals surface area contributed by atoms with Crippen molar-refractivity contribution in [3.05, 3.63) is 57.9 Å². The third-order valence-corrected chi connectivity index (χ3v) is 3.35. The minimum atomic E-state index is -0.568. The molecule has 0 bridgehead atoms. The zero-order valence-electron chi connectivity index (χ0n) is 11.0. The number of methoxy groups -OCH3 is 1. The molecular formula is C14H11BrFNO4. The topological polar surface area (TPSA) is 61.6 Å². The van der Waals surface area contributed by atoms with Gasteiger partial charge in [-0.05, 0) is 18.2 Å². The fourth-order valence-electron chi connectivity index (χ4n) is 1.74. The van der Waals surface area contributed by atoms with Crippen LogP contribution >= 0.6 is 15.9 Å². The molecule has 0 aliphatic rings. The minimum Gasteiger partial charge on any atom is -0.497 e. The van der Waals surface area contributed by atoms with Crippen molar-refractivity contribution in [2.24, 2.45) is 0 Å². The first-order chi connectivity index (χ1) is 10.1. The van der Waals surface area contributed by atoms with E-state index in [1.54, 1.807) is 6.07 Å². The van der Waals surface area contributed by atoms with Crippen LogP contribution in [0.25, 0.3) is 0 Å². The average Bonchev–Trinajstić information content (AvgIpc) is 2.47. The lowest BCUT2D eigenvalue weighted by molar-refractivity contribution is -0.385. The number of alkyl halides is 1. The van der Waals surface area contributed by atoms with Crippen molar-refractivity contribution in [1.29, 1.82) is 0 Å². The maximum absolute atomic E-state index is 13.7. The molecule has 2 rings (SSSR count). The molecule has 7 heteroatoms. The Morgan fingerprint density at radius 3 is 2.67 bits per heavy atom. The van der Waals surface area contributed by atoms with Crippen molar-refractivity contribution in [3.8, 4) is 17.2 Å². The number of nitrogens with zero attached hydrogens (tertiary/aromatic N) is 1. The van der Waals surface area contributed by atoms with Crippen LogP contribution in [0, 0.1) is 15.9 Å². The normalized spacial score (nSPS) is 10.2. The van der Waals surface area contributed by atoms with E-state index in [2.05, 4.69) is 15.9 Å². The van der Waals surface area contributed by atoms with Gasteiger partial charge < -0.3 is 9.47 Å². The Kier molecular flexibility index (Phi) is 4.74. The minimum absolute atomic E-state index is 0.00727. The van der Waals surface area contributed by atoms with E-state index in [4.69, 9.17) is 9.47 Å². The molecule has 0 aromatic heterocycles. The molecule has 110 valence electrons. The third kappa shape index (κ3) is 3.30. The maximum atomic E-state index is 13.7. The van der Waals surface area contributed by atoms with Gasteiger partial charge in [0.1, 0.15) is 17.3 Å². The molecule has 0 aliphatic heterocycles. The van der Waals surface area contributed by atoms with Crippen LogP contribution in [0.3, 0.4) is 0 Å². The fraction of sp³-hybridized carbons (Fsp3) is 0.143. The Morgan fingerprint density at radius 2 is 2.05 bits per heavy atom. The summed E-state index contributed by atoms with van der Waals surface area (Å²) in [7, 11) is 1.44. The summed E-state index contributed by atoms with van der Waals surface area (Å²) in [5, 5.41) is 11.3. The number of benzene rings is 2. The largest absolute Gasteiger partial charge is 0.497 e. The summed E-state index contributed by atoms with van der Waals surface area (Å²) in [4.78, 5) is 10.5. The van der Waals surface area contributed by atoms with Crippen LogP contribution in [0.4, 0.5) is 10.1 Å². The summed E-state index contributed by atoms with van der Waals surface area (Å²) in [6.45, 7) is 0. The summed E-state index contributed by atoms with van der Waals surface area (Å²) in [5.74, 6) is 0.165. The Bertz CT molecular complexity index is 678. The van der Waals surface area contributed by atoms with Gasteiger partial charge in [-0.15, -0.1) is 0 Å². The Hall–Kier alpha value is -2.15. The first kappa shape index (κ1) is 15.2. The first-order valence-electron chi connectivity index (χ1n) is 5.90. The predicted molar refractivity (Wildman–Crippen MR) is 78.8 cm³/mol. The molecule has 0 saturated carbocycles. The molecular weight excluding hydrogens is 345 g/mol. The summed E-state index contributed by atoms with van der Waals surface area (Å²) >= 11 is 3.17. The van der Waals surface area contributed by atoms with E-state index in [9.17, 15) is 14.5 Å². The van der Waals surface area contributed by atoms with E-state index in [0.717, 1.165) is 0 Å². The van der Waals surface area contributed by atoms with Gasteiger partial charge in [0, 0.05) is 23.0 Å². The van der Waals surface area contributed by atoms with Crippen molar-refractivity contribution < 1.29 is 18.8 Å². The molecule has 0 saturated heterocycles. The highest BCUT2D eigenvalue weighted by Gasteiger charge is 2.19. The van der Waals surface area contributed by atoms with Crippen molar-refractivity contribution in [3.63, 3.8) is 0 Å². The molecule has 0 heterocycles. The van der Waals surface area contributed by atoms with Crippen LogP contribution in [0.2, 0.25) is 0 Å². The zero-order valence-corrected chi connectivity index (χ0v) is 12.6. The maximum Gasteiger partial charge on any atom is 0.311 e. The monoisotopic (exact) mass is 355 g/mol. The molecule has 0 fully saturated rings. The molecule has 0 atom stereocenters. The quantitative estimate of drug-likeness (QED) is 0.452. The van der Waals surface area contributed by atoms with Gasteiger partial charge in [-0.2, -0.15) is 0 Å². The average molecular weight is 356 g/mol. The number of hydrogen-bond donors (Lipinski definition) is 0. The number of ether oxygens (including phenoxy) is 2.